The lowest BCUT2D eigenvalue weighted by atomic mass is 10.0. The largest absolute Gasteiger partial charge is 0.352 e. The zero-order chi connectivity index (χ0) is 15.5. The quantitative estimate of drug-likeness (QED) is 0.888. The Balaban J connectivity index is 1.64. The van der Waals surface area contributed by atoms with E-state index in [4.69, 9.17) is 11.6 Å². The van der Waals surface area contributed by atoms with Crippen LogP contribution in [0.5, 0.6) is 0 Å². The van der Waals surface area contributed by atoms with E-state index in [0.717, 1.165) is 25.9 Å². The Morgan fingerprint density at radius 2 is 2.18 bits per heavy atom. The summed E-state index contributed by atoms with van der Waals surface area (Å²) in [5, 5.41) is 6.86. The summed E-state index contributed by atoms with van der Waals surface area (Å²) in [6.45, 7) is 2.21. The number of amides is 2. The predicted octanol–water partition coefficient (Wildman–Crippen LogP) is 1.56. The maximum absolute atomic E-state index is 12.4. The summed E-state index contributed by atoms with van der Waals surface area (Å²) in [6.07, 6.45) is 2.31. The molecule has 2 unspecified atom stereocenters. The van der Waals surface area contributed by atoms with E-state index < -0.39 is 0 Å². The highest BCUT2D eigenvalue weighted by molar-refractivity contribution is 6.33. The molecule has 6 heteroatoms. The van der Waals surface area contributed by atoms with Crippen molar-refractivity contribution in [2.75, 3.05) is 24.5 Å². The first-order valence-corrected chi connectivity index (χ1v) is 8.09. The predicted molar refractivity (Wildman–Crippen MR) is 85.9 cm³/mol. The van der Waals surface area contributed by atoms with Gasteiger partial charge in [-0.25, -0.2) is 0 Å². The van der Waals surface area contributed by atoms with Crippen molar-refractivity contribution >= 4 is 29.1 Å². The highest BCUT2D eigenvalue weighted by atomic mass is 35.5. The Kier molecular flexibility index (Phi) is 4.64. The van der Waals surface area contributed by atoms with Crippen LogP contribution in [0.2, 0.25) is 5.02 Å². The van der Waals surface area contributed by atoms with Crippen LogP contribution in [0.15, 0.2) is 24.3 Å². The minimum atomic E-state index is -0.300. The van der Waals surface area contributed by atoms with Gasteiger partial charge in [-0.05, 0) is 31.5 Å². The maximum atomic E-state index is 12.4. The van der Waals surface area contributed by atoms with Gasteiger partial charge in [0.2, 0.25) is 11.8 Å². The molecule has 2 fully saturated rings. The topological polar surface area (TPSA) is 61.4 Å². The minimum Gasteiger partial charge on any atom is -0.352 e. The molecule has 0 radical (unpaired) electrons. The lowest BCUT2D eigenvalue weighted by molar-refractivity contribution is -0.127. The summed E-state index contributed by atoms with van der Waals surface area (Å²) in [5.41, 5.74) is 0.684. The number of benzene rings is 1. The Morgan fingerprint density at radius 3 is 2.91 bits per heavy atom. The fourth-order valence-electron chi connectivity index (χ4n) is 3.08. The van der Waals surface area contributed by atoms with Gasteiger partial charge in [-0.1, -0.05) is 23.7 Å². The van der Waals surface area contributed by atoms with E-state index in [9.17, 15) is 9.59 Å². The second-order valence-corrected chi connectivity index (χ2v) is 6.32. The Morgan fingerprint density at radius 1 is 1.36 bits per heavy atom. The first-order chi connectivity index (χ1) is 10.6. The highest BCUT2D eigenvalue weighted by Crippen LogP contribution is 2.31. The third kappa shape index (κ3) is 3.25. The molecule has 2 atom stereocenters. The van der Waals surface area contributed by atoms with Crippen molar-refractivity contribution in [1.82, 2.24) is 10.6 Å². The summed E-state index contributed by atoms with van der Waals surface area (Å²) in [5.74, 6) is -0.377. The molecule has 2 saturated heterocycles. The van der Waals surface area contributed by atoms with Gasteiger partial charge < -0.3 is 15.5 Å². The third-order valence-corrected chi connectivity index (χ3v) is 4.60. The first-order valence-electron chi connectivity index (χ1n) is 7.71. The molecule has 2 amide bonds. The highest BCUT2D eigenvalue weighted by Gasteiger charge is 2.36. The Labute approximate surface area is 135 Å². The van der Waals surface area contributed by atoms with Gasteiger partial charge in [0.15, 0.2) is 0 Å². The van der Waals surface area contributed by atoms with Crippen LogP contribution in [0.1, 0.15) is 19.3 Å². The fourth-order valence-corrected chi connectivity index (χ4v) is 3.32. The van der Waals surface area contributed by atoms with Gasteiger partial charge in [0.25, 0.3) is 0 Å². The number of hydrogen-bond donors (Lipinski definition) is 2. The molecule has 2 N–H and O–H groups in total. The number of halogens is 1. The molecule has 0 saturated carbocycles. The van der Waals surface area contributed by atoms with E-state index in [1.807, 2.05) is 18.2 Å². The molecule has 2 aliphatic rings. The summed E-state index contributed by atoms with van der Waals surface area (Å²) in [6, 6.07) is 7.41. The summed E-state index contributed by atoms with van der Waals surface area (Å²) in [4.78, 5) is 26.2. The van der Waals surface area contributed by atoms with Crippen LogP contribution in [0.25, 0.3) is 0 Å². The molecular weight excluding hydrogens is 302 g/mol. The normalized spacial score (nSPS) is 25.3. The van der Waals surface area contributed by atoms with Crippen molar-refractivity contribution in [1.29, 1.82) is 0 Å². The fraction of sp³-hybridized carbons (Fsp3) is 0.500. The smallest absolute Gasteiger partial charge is 0.227 e. The number of anilines is 1. The molecule has 5 nitrogen and oxygen atoms in total. The molecule has 0 aromatic heterocycles. The summed E-state index contributed by atoms with van der Waals surface area (Å²) >= 11 is 6.15. The number of para-hydroxylation sites is 1. The number of piperidine rings is 1. The Hall–Kier alpha value is -1.59. The van der Waals surface area contributed by atoms with Gasteiger partial charge >= 0.3 is 0 Å². The maximum Gasteiger partial charge on any atom is 0.227 e. The molecule has 1 aromatic carbocycles. The van der Waals surface area contributed by atoms with Crippen LogP contribution < -0.4 is 15.5 Å². The third-order valence-electron chi connectivity index (χ3n) is 4.28. The standard InChI is InChI=1S/C16H20ClN3O2/c17-13-5-1-2-6-14(13)20-10-11(8-15(20)21)16(22)19-12-4-3-7-18-9-12/h1-2,5-6,11-12,18H,3-4,7-10H2,(H,19,22). The van der Waals surface area contributed by atoms with Gasteiger partial charge in [0.05, 0.1) is 16.6 Å². The first kappa shape index (κ1) is 15.3. The number of rotatable bonds is 3. The SMILES string of the molecule is O=C(NC1CCCNC1)C1CC(=O)N(c2ccccc2Cl)C1. The zero-order valence-corrected chi connectivity index (χ0v) is 13.1. The van der Waals surface area contributed by atoms with E-state index in [1.165, 1.54) is 0 Å². The lowest BCUT2D eigenvalue weighted by Gasteiger charge is -2.25. The molecule has 3 rings (SSSR count). The van der Waals surface area contributed by atoms with Gasteiger partial charge in [0.1, 0.15) is 0 Å². The molecule has 2 heterocycles. The van der Waals surface area contributed by atoms with Crippen molar-refractivity contribution < 1.29 is 9.59 Å². The number of carbonyl (C=O) groups excluding carboxylic acids is 2. The van der Waals surface area contributed by atoms with Gasteiger partial charge in [-0.15, -0.1) is 0 Å². The van der Waals surface area contributed by atoms with Crippen LogP contribution >= 0.6 is 11.6 Å². The molecule has 118 valence electrons. The van der Waals surface area contributed by atoms with E-state index in [2.05, 4.69) is 10.6 Å². The van der Waals surface area contributed by atoms with Crippen molar-refractivity contribution in [2.45, 2.75) is 25.3 Å². The van der Waals surface area contributed by atoms with Gasteiger partial charge in [-0.3, -0.25) is 9.59 Å². The molecular formula is C16H20ClN3O2. The number of nitrogens with one attached hydrogen (secondary N) is 2. The average Bonchev–Trinajstić information content (AvgIpc) is 2.91. The minimum absolute atomic E-state index is 0.0309. The molecule has 2 aliphatic heterocycles. The lowest BCUT2D eigenvalue weighted by Crippen LogP contribution is -2.47. The van der Waals surface area contributed by atoms with Crippen LogP contribution in [-0.2, 0) is 9.59 Å². The van der Waals surface area contributed by atoms with Crippen LogP contribution in [-0.4, -0.2) is 37.5 Å². The van der Waals surface area contributed by atoms with Crippen LogP contribution in [0.3, 0.4) is 0 Å². The summed E-state index contributed by atoms with van der Waals surface area (Å²) < 4.78 is 0. The van der Waals surface area contributed by atoms with E-state index in [-0.39, 0.29) is 30.2 Å². The Bertz CT molecular complexity index is 572. The average molecular weight is 322 g/mol. The van der Waals surface area contributed by atoms with E-state index >= 15 is 0 Å². The van der Waals surface area contributed by atoms with E-state index in [0.29, 0.717) is 17.3 Å². The van der Waals surface area contributed by atoms with Crippen LogP contribution in [0.4, 0.5) is 5.69 Å². The molecule has 22 heavy (non-hydrogen) atoms. The molecule has 1 aromatic rings. The van der Waals surface area contributed by atoms with Crippen molar-refractivity contribution in [3.63, 3.8) is 0 Å². The zero-order valence-electron chi connectivity index (χ0n) is 12.3. The number of hydrogen-bond acceptors (Lipinski definition) is 3. The van der Waals surface area contributed by atoms with Gasteiger partial charge in [-0.2, -0.15) is 0 Å². The second-order valence-electron chi connectivity index (χ2n) is 5.91. The van der Waals surface area contributed by atoms with Crippen LogP contribution in [0, 0.1) is 5.92 Å². The van der Waals surface area contributed by atoms with E-state index in [1.54, 1.807) is 11.0 Å². The molecule has 0 bridgehead atoms. The van der Waals surface area contributed by atoms with Gasteiger partial charge in [0, 0.05) is 25.6 Å². The van der Waals surface area contributed by atoms with Crippen molar-refractivity contribution in [3.05, 3.63) is 29.3 Å². The monoisotopic (exact) mass is 321 g/mol. The second kappa shape index (κ2) is 6.67. The summed E-state index contributed by atoms with van der Waals surface area (Å²) in [7, 11) is 0. The molecule has 0 aliphatic carbocycles. The van der Waals surface area contributed by atoms with Crippen molar-refractivity contribution in [3.8, 4) is 0 Å². The van der Waals surface area contributed by atoms with Crippen molar-refractivity contribution in [2.24, 2.45) is 5.92 Å². The molecule has 0 spiro atoms. The number of carbonyl (C=O) groups is 2. The number of nitrogens with zero attached hydrogens (tertiary/aromatic N) is 1.